The first kappa shape index (κ1) is 14.0. The van der Waals surface area contributed by atoms with Gasteiger partial charge in [-0.15, -0.1) is 0 Å². The Balaban J connectivity index is 2.42. The maximum absolute atomic E-state index is 12.3. The molecule has 2 aromatic rings. The molecule has 1 aromatic heterocycles. The molecular formula is C13H7Br2N3O3. The van der Waals surface area contributed by atoms with Gasteiger partial charge in [-0.2, -0.15) is 0 Å². The summed E-state index contributed by atoms with van der Waals surface area (Å²) < 4.78 is 2.43. The summed E-state index contributed by atoms with van der Waals surface area (Å²) in [5, 5.41) is 2.12. The first-order chi connectivity index (χ1) is 9.91. The third-order valence-corrected chi connectivity index (χ3v) is 4.39. The highest BCUT2D eigenvalue weighted by atomic mass is 79.9. The van der Waals surface area contributed by atoms with Gasteiger partial charge < -0.3 is 5.73 Å². The maximum Gasteiger partial charge on any atom is 0.262 e. The average molecular weight is 413 g/mol. The second-order valence-electron chi connectivity index (χ2n) is 4.35. The number of nitrogens with one attached hydrogen (secondary N) is 1. The van der Waals surface area contributed by atoms with Crippen molar-refractivity contribution in [2.75, 3.05) is 5.73 Å². The van der Waals surface area contributed by atoms with E-state index in [-0.39, 0.29) is 16.9 Å². The Morgan fingerprint density at radius 1 is 1.05 bits per heavy atom. The minimum absolute atomic E-state index is 0.00178. The normalized spacial score (nSPS) is 13.2. The van der Waals surface area contributed by atoms with Crippen LogP contribution in [0.2, 0.25) is 0 Å². The summed E-state index contributed by atoms with van der Waals surface area (Å²) in [6.45, 7) is 0. The molecule has 6 nitrogen and oxygen atoms in total. The standard InChI is InChI=1S/C13H7Br2N3O3/c14-6-2-1-3-7(15)10(6)18-8(19)4-5-9(11(18)16)13(21)17-12(5)20/h1-4H,16H2,(H,17,20,21). The number of nitrogens with two attached hydrogens (primary N) is 1. The van der Waals surface area contributed by atoms with Crippen LogP contribution in [0.4, 0.5) is 5.82 Å². The Morgan fingerprint density at radius 3 is 2.29 bits per heavy atom. The number of benzene rings is 1. The van der Waals surface area contributed by atoms with Gasteiger partial charge in [0, 0.05) is 15.0 Å². The fourth-order valence-electron chi connectivity index (χ4n) is 2.21. The smallest absolute Gasteiger partial charge is 0.262 e. The Morgan fingerprint density at radius 2 is 1.67 bits per heavy atom. The van der Waals surface area contributed by atoms with E-state index in [9.17, 15) is 14.4 Å². The summed E-state index contributed by atoms with van der Waals surface area (Å²) >= 11 is 6.69. The van der Waals surface area contributed by atoms with Crippen molar-refractivity contribution < 1.29 is 9.59 Å². The minimum atomic E-state index is -0.614. The van der Waals surface area contributed by atoms with Crippen molar-refractivity contribution in [1.82, 2.24) is 9.88 Å². The molecular weight excluding hydrogens is 406 g/mol. The zero-order chi connectivity index (χ0) is 15.3. The van der Waals surface area contributed by atoms with Crippen LogP contribution in [0.3, 0.4) is 0 Å². The molecule has 3 rings (SSSR count). The molecule has 1 aliphatic heterocycles. The fourth-order valence-corrected chi connectivity index (χ4v) is 3.57. The van der Waals surface area contributed by atoms with Gasteiger partial charge in [0.15, 0.2) is 0 Å². The monoisotopic (exact) mass is 411 g/mol. The molecule has 0 aliphatic carbocycles. The zero-order valence-corrected chi connectivity index (χ0v) is 13.5. The number of hydrogen-bond donors (Lipinski definition) is 2. The number of carbonyl (C=O) groups is 2. The predicted octanol–water partition coefficient (Wildman–Crippen LogP) is 1.83. The number of hydrogen-bond acceptors (Lipinski definition) is 4. The number of pyridine rings is 1. The van der Waals surface area contributed by atoms with Crippen molar-refractivity contribution in [1.29, 1.82) is 0 Å². The first-order valence-corrected chi connectivity index (χ1v) is 7.36. The van der Waals surface area contributed by atoms with Gasteiger partial charge in [-0.05, 0) is 44.0 Å². The van der Waals surface area contributed by atoms with Gasteiger partial charge in [0.1, 0.15) is 5.82 Å². The number of nitrogens with zero attached hydrogens (tertiary/aromatic N) is 1. The topological polar surface area (TPSA) is 94.2 Å². The van der Waals surface area contributed by atoms with Crippen molar-refractivity contribution in [3.05, 3.63) is 54.7 Å². The molecule has 2 amide bonds. The molecule has 8 heteroatoms. The number of anilines is 1. The summed E-state index contributed by atoms with van der Waals surface area (Å²) in [5.41, 5.74) is 5.95. The van der Waals surface area contributed by atoms with Crippen LogP contribution in [0.1, 0.15) is 20.7 Å². The Bertz CT molecular complexity index is 853. The van der Waals surface area contributed by atoms with E-state index in [4.69, 9.17) is 5.73 Å². The van der Waals surface area contributed by atoms with E-state index in [1.807, 2.05) is 0 Å². The van der Waals surface area contributed by atoms with Crippen molar-refractivity contribution >= 4 is 49.5 Å². The third kappa shape index (κ3) is 2.02. The summed E-state index contributed by atoms with van der Waals surface area (Å²) in [6, 6.07) is 6.37. The van der Waals surface area contributed by atoms with Gasteiger partial charge in [0.05, 0.1) is 16.8 Å². The number of carbonyl (C=O) groups excluding carboxylic acids is 2. The molecule has 0 atom stereocenters. The van der Waals surface area contributed by atoms with Crippen LogP contribution in [0.25, 0.3) is 5.69 Å². The largest absolute Gasteiger partial charge is 0.384 e. The highest BCUT2D eigenvalue weighted by molar-refractivity contribution is 9.11. The summed E-state index contributed by atoms with van der Waals surface area (Å²) in [7, 11) is 0. The molecule has 1 aliphatic rings. The lowest BCUT2D eigenvalue weighted by Crippen LogP contribution is -2.24. The average Bonchev–Trinajstić information content (AvgIpc) is 2.68. The molecule has 1 aromatic carbocycles. The molecule has 2 heterocycles. The molecule has 0 bridgehead atoms. The number of para-hydroxylation sites is 1. The lowest BCUT2D eigenvalue weighted by molar-refractivity contribution is 0.0880. The molecule has 3 N–H and O–H groups in total. The first-order valence-electron chi connectivity index (χ1n) is 5.77. The third-order valence-electron chi connectivity index (χ3n) is 3.11. The van der Waals surface area contributed by atoms with E-state index in [1.165, 1.54) is 4.57 Å². The number of halogens is 2. The molecule has 0 unspecified atom stereocenters. The quantitative estimate of drug-likeness (QED) is 0.698. The minimum Gasteiger partial charge on any atom is -0.384 e. The van der Waals surface area contributed by atoms with Crippen LogP contribution in [-0.4, -0.2) is 16.4 Å². The molecule has 0 spiro atoms. The molecule has 0 saturated heterocycles. The van der Waals surface area contributed by atoms with E-state index in [1.54, 1.807) is 18.2 Å². The zero-order valence-electron chi connectivity index (χ0n) is 10.3. The van der Waals surface area contributed by atoms with Crippen LogP contribution in [0.5, 0.6) is 0 Å². The van der Waals surface area contributed by atoms with Gasteiger partial charge >= 0.3 is 0 Å². The van der Waals surface area contributed by atoms with Crippen LogP contribution in [0, 0.1) is 0 Å². The maximum atomic E-state index is 12.3. The molecule has 21 heavy (non-hydrogen) atoms. The molecule has 0 radical (unpaired) electrons. The van der Waals surface area contributed by atoms with Gasteiger partial charge in [-0.25, -0.2) is 0 Å². The van der Waals surface area contributed by atoms with Gasteiger partial charge in [0.2, 0.25) is 0 Å². The second-order valence-corrected chi connectivity index (χ2v) is 6.05. The second kappa shape index (κ2) is 4.81. The lowest BCUT2D eigenvalue weighted by Gasteiger charge is -2.14. The Hall–Kier alpha value is -1.93. The van der Waals surface area contributed by atoms with Gasteiger partial charge in [0.25, 0.3) is 17.4 Å². The summed E-state index contributed by atoms with van der Waals surface area (Å²) in [4.78, 5) is 35.7. The predicted molar refractivity (Wildman–Crippen MR) is 83.6 cm³/mol. The van der Waals surface area contributed by atoms with Crippen molar-refractivity contribution in [3.63, 3.8) is 0 Å². The number of imide groups is 1. The number of rotatable bonds is 1. The van der Waals surface area contributed by atoms with Crippen LogP contribution < -0.4 is 16.6 Å². The highest BCUT2D eigenvalue weighted by Crippen LogP contribution is 2.31. The van der Waals surface area contributed by atoms with Crippen LogP contribution in [-0.2, 0) is 0 Å². The van der Waals surface area contributed by atoms with Crippen molar-refractivity contribution in [2.24, 2.45) is 0 Å². The Kier molecular flexibility index (Phi) is 3.22. The molecule has 0 fully saturated rings. The molecule has 0 saturated carbocycles. The lowest BCUT2D eigenvalue weighted by atomic mass is 10.1. The van der Waals surface area contributed by atoms with E-state index in [2.05, 4.69) is 37.2 Å². The van der Waals surface area contributed by atoms with Crippen LogP contribution >= 0.6 is 31.9 Å². The van der Waals surface area contributed by atoms with E-state index in [0.717, 1.165) is 6.07 Å². The van der Waals surface area contributed by atoms with E-state index >= 15 is 0 Å². The highest BCUT2D eigenvalue weighted by Gasteiger charge is 2.32. The Labute approximate surface area is 135 Å². The molecule has 106 valence electrons. The van der Waals surface area contributed by atoms with Crippen molar-refractivity contribution in [3.8, 4) is 5.69 Å². The summed E-state index contributed by atoms with van der Waals surface area (Å²) in [6.07, 6.45) is 0. The number of aromatic nitrogens is 1. The van der Waals surface area contributed by atoms with Crippen molar-refractivity contribution in [2.45, 2.75) is 0 Å². The van der Waals surface area contributed by atoms with Gasteiger partial charge in [-0.3, -0.25) is 24.3 Å². The number of nitrogen functional groups attached to an aromatic ring is 1. The summed E-state index contributed by atoms with van der Waals surface area (Å²) in [5.74, 6) is -1.30. The van der Waals surface area contributed by atoms with E-state index < -0.39 is 17.4 Å². The fraction of sp³-hybridized carbons (Fsp3) is 0. The SMILES string of the molecule is Nc1c2c(cc(=O)n1-c1c(Br)cccc1Br)C(=O)NC2=O. The van der Waals surface area contributed by atoms with E-state index in [0.29, 0.717) is 14.6 Å². The van der Waals surface area contributed by atoms with Gasteiger partial charge in [-0.1, -0.05) is 6.07 Å². The van der Waals surface area contributed by atoms with Crippen LogP contribution in [0.15, 0.2) is 38.0 Å². The number of amides is 2. The number of fused-ring (bicyclic) bond motifs is 1.